The summed E-state index contributed by atoms with van der Waals surface area (Å²) in [6, 6.07) is 3.49. The van der Waals surface area contributed by atoms with Crippen molar-refractivity contribution in [3.8, 4) is 0 Å². The van der Waals surface area contributed by atoms with Crippen molar-refractivity contribution in [2.24, 2.45) is 5.92 Å². The molecule has 0 bridgehead atoms. The summed E-state index contributed by atoms with van der Waals surface area (Å²) in [7, 11) is 0. The van der Waals surface area contributed by atoms with Gasteiger partial charge < -0.3 is 14.6 Å². The zero-order valence-electron chi connectivity index (χ0n) is 10.3. The molecule has 0 saturated carbocycles. The number of hydrogen-bond donors (Lipinski definition) is 1. The van der Waals surface area contributed by atoms with E-state index in [2.05, 4.69) is 5.32 Å². The van der Waals surface area contributed by atoms with Gasteiger partial charge in [-0.05, 0) is 50.9 Å². The Morgan fingerprint density at radius 1 is 1.53 bits per heavy atom. The van der Waals surface area contributed by atoms with Gasteiger partial charge in [-0.25, -0.2) is 0 Å². The number of carbonyl (C=O) groups excluding carboxylic acids is 1. The molecule has 2 rings (SSSR count). The molecular weight excluding hydrogens is 216 g/mol. The summed E-state index contributed by atoms with van der Waals surface area (Å²) in [5.74, 6) is 1.08. The largest absolute Gasteiger partial charge is 0.459 e. The zero-order chi connectivity index (χ0) is 12.1. The summed E-state index contributed by atoms with van der Waals surface area (Å²) in [6.07, 6.45) is 3.86. The predicted molar refractivity (Wildman–Crippen MR) is 65.9 cm³/mol. The number of carbonyl (C=O) groups is 1. The number of hydrogen-bond acceptors (Lipinski definition) is 3. The average Bonchev–Trinajstić information content (AvgIpc) is 2.90. The van der Waals surface area contributed by atoms with Gasteiger partial charge in [0.1, 0.15) is 0 Å². The molecule has 4 heteroatoms. The molecule has 1 aliphatic heterocycles. The number of nitrogens with one attached hydrogen (secondary N) is 1. The normalized spacial score (nSPS) is 17.0. The number of amides is 1. The molecule has 2 heterocycles. The molecular formula is C13H20N2O2. The third-order valence-electron chi connectivity index (χ3n) is 3.34. The average molecular weight is 236 g/mol. The first-order chi connectivity index (χ1) is 8.31. The Morgan fingerprint density at radius 2 is 2.29 bits per heavy atom. The summed E-state index contributed by atoms with van der Waals surface area (Å²) in [5.41, 5.74) is 0. The minimum Gasteiger partial charge on any atom is -0.459 e. The topological polar surface area (TPSA) is 45.5 Å². The Bertz CT molecular complexity index is 342. The molecule has 0 unspecified atom stereocenters. The van der Waals surface area contributed by atoms with E-state index in [1.807, 2.05) is 11.8 Å². The van der Waals surface area contributed by atoms with Gasteiger partial charge in [-0.3, -0.25) is 4.79 Å². The number of piperidine rings is 1. The van der Waals surface area contributed by atoms with Crippen LogP contribution in [0.15, 0.2) is 22.8 Å². The summed E-state index contributed by atoms with van der Waals surface area (Å²) in [5, 5.41) is 3.34. The first-order valence-electron chi connectivity index (χ1n) is 6.34. The van der Waals surface area contributed by atoms with Crippen LogP contribution >= 0.6 is 0 Å². The summed E-state index contributed by atoms with van der Waals surface area (Å²) >= 11 is 0. The van der Waals surface area contributed by atoms with Crippen molar-refractivity contribution in [1.82, 2.24) is 10.2 Å². The molecule has 94 valence electrons. The van der Waals surface area contributed by atoms with Crippen molar-refractivity contribution in [2.75, 3.05) is 26.2 Å². The quantitative estimate of drug-likeness (QED) is 0.866. The lowest BCUT2D eigenvalue weighted by Gasteiger charge is -2.28. The van der Waals surface area contributed by atoms with Crippen molar-refractivity contribution < 1.29 is 9.21 Å². The van der Waals surface area contributed by atoms with Crippen LogP contribution in [0.25, 0.3) is 0 Å². The highest BCUT2D eigenvalue weighted by atomic mass is 16.3. The Labute approximate surface area is 102 Å². The van der Waals surface area contributed by atoms with Crippen LogP contribution in [0, 0.1) is 5.92 Å². The van der Waals surface area contributed by atoms with Crippen molar-refractivity contribution in [3.63, 3.8) is 0 Å². The molecule has 0 radical (unpaired) electrons. The predicted octanol–water partition coefficient (Wildman–Crippen LogP) is 1.74. The molecule has 17 heavy (non-hydrogen) atoms. The number of nitrogens with zero attached hydrogens (tertiary/aromatic N) is 1. The molecule has 1 aromatic heterocycles. The highest BCUT2D eigenvalue weighted by molar-refractivity contribution is 5.91. The minimum atomic E-state index is 0.0102. The lowest BCUT2D eigenvalue weighted by molar-refractivity contribution is 0.0695. The Morgan fingerprint density at radius 3 is 2.88 bits per heavy atom. The van der Waals surface area contributed by atoms with Crippen LogP contribution in [-0.2, 0) is 0 Å². The minimum absolute atomic E-state index is 0.0102. The fraction of sp³-hybridized carbons (Fsp3) is 0.615. The third kappa shape index (κ3) is 3.09. The number of rotatable bonds is 4. The molecule has 0 spiro atoms. The van der Waals surface area contributed by atoms with Gasteiger partial charge in [0.25, 0.3) is 5.91 Å². The highest BCUT2D eigenvalue weighted by Gasteiger charge is 2.21. The van der Waals surface area contributed by atoms with Crippen LogP contribution in [0.4, 0.5) is 0 Å². The third-order valence-corrected chi connectivity index (χ3v) is 3.34. The van der Waals surface area contributed by atoms with E-state index in [0.29, 0.717) is 11.7 Å². The van der Waals surface area contributed by atoms with E-state index in [4.69, 9.17) is 4.42 Å². The second kappa shape index (κ2) is 5.87. The van der Waals surface area contributed by atoms with Gasteiger partial charge in [-0.15, -0.1) is 0 Å². The van der Waals surface area contributed by atoms with E-state index < -0.39 is 0 Å². The maximum absolute atomic E-state index is 12.1. The van der Waals surface area contributed by atoms with E-state index in [1.54, 1.807) is 18.4 Å². The highest BCUT2D eigenvalue weighted by Crippen LogP contribution is 2.15. The van der Waals surface area contributed by atoms with Gasteiger partial charge >= 0.3 is 0 Å². The summed E-state index contributed by atoms with van der Waals surface area (Å²) in [6.45, 7) is 5.73. The first kappa shape index (κ1) is 12.2. The molecule has 4 nitrogen and oxygen atoms in total. The van der Waals surface area contributed by atoms with Crippen LogP contribution < -0.4 is 5.32 Å². The Balaban J connectivity index is 1.93. The SMILES string of the molecule is CCN(CC1CCNCC1)C(=O)c1ccco1. The maximum Gasteiger partial charge on any atom is 0.289 e. The van der Waals surface area contributed by atoms with Crippen molar-refractivity contribution in [2.45, 2.75) is 19.8 Å². The van der Waals surface area contributed by atoms with E-state index in [9.17, 15) is 4.79 Å². The van der Waals surface area contributed by atoms with Gasteiger partial charge in [0.15, 0.2) is 5.76 Å². The zero-order valence-corrected chi connectivity index (χ0v) is 10.3. The summed E-state index contributed by atoms with van der Waals surface area (Å²) in [4.78, 5) is 14.0. The van der Waals surface area contributed by atoms with Gasteiger partial charge in [-0.2, -0.15) is 0 Å². The molecule has 0 atom stereocenters. The van der Waals surface area contributed by atoms with Crippen LogP contribution in [0.5, 0.6) is 0 Å². The lowest BCUT2D eigenvalue weighted by Crippen LogP contribution is -2.39. The Kier molecular flexibility index (Phi) is 4.20. The number of furan rings is 1. The maximum atomic E-state index is 12.1. The molecule has 1 aliphatic rings. The van der Waals surface area contributed by atoms with Crippen molar-refractivity contribution in [3.05, 3.63) is 24.2 Å². The fourth-order valence-electron chi connectivity index (χ4n) is 2.29. The molecule has 0 aliphatic carbocycles. The van der Waals surface area contributed by atoms with Gasteiger partial charge in [0.2, 0.25) is 0 Å². The molecule has 1 N–H and O–H groups in total. The van der Waals surface area contributed by atoms with Crippen LogP contribution in [0.1, 0.15) is 30.3 Å². The smallest absolute Gasteiger partial charge is 0.289 e. The van der Waals surface area contributed by atoms with Crippen LogP contribution in [0.2, 0.25) is 0 Å². The summed E-state index contributed by atoms with van der Waals surface area (Å²) < 4.78 is 5.16. The molecule has 1 saturated heterocycles. The molecule has 1 fully saturated rings. The van der Waals surface area contributed by atoms with Gasteiger partial charge in [-0.1, -0.05) is 0 Å². The second-order valence-corrected chi connectivity index (χ2v) is 4.51. The lowest BCUT2D eigenvalue weighted by atomic mass is 9.97. The fourth-order valence-corrected chi connectivity index (χ4v) is 2.29. The van der Waals surface area contributed by atoms with Gasteiger partial charge in [0, 0.05) is 13.1 Å². The van der Waals surface area contributed by atoms with Gasteiger partial charge in [0.05, 0.1) is 6.26 Å². The van der Waals surface area contributed by atoms with Crippen LogP contribution in [0.3, 0.4) is 0 Å². The van der Waals surface area contributed by atoms with Crippen LogP contribution in [-0.4, -0.2) is 37.0 Å². The second-order valence-electron chi connectivity index (χ2n) is 4.51. The monoisotopic (exact) mass is 236 g/mol. The van der Waals surface area contributed by atoms with Crippen molar-refractivity contribution in [1.29, 1.82) is 0 Å². The standard InChI is InChI=1S/C13H20N2O2/c1-2-15(10-11-5-7-14-8-6-11)13(16)12-4-3-9-17-12/h3-4,9,11,14H,2,5-8,10H2,1H3. The Hall–Kier alpha value is -1.29. The molecule has 1 amide bonds. The van der Waals surface area contributed by atoms with E-state index in [1.165, 1.54) is 0 Å². The van der Waals surface area contributed by atoms with E-state index in [0.717, 1.165) is 39.0 Å². The first-order valence-corrected chi connectivity index (χ1v) is 6.34. The molecule has 1 aromatic rings. The molecule has 0 aromatic carbocycles. The van der Waals surface area contributed by atoms with Crippen molar-refractivity contribution >= 4 is 5.91 Å². The van der Waals surface area contributed by atoms with E-state index >= 15 is 0 Å². The van der Waals surface area contributed by atoms with E-state index in [-0.39, 0.29) is 5.91 Å².